The second-order valence-electron chi connectivity index (χ2n) is 1.81. The molecule has 0 rings (SSSR count). The van der Waals surface area contributed by atoms with Crippen LogP contribution in [0.15, 0.2) is 22.8 Å². The van der Waals surface area contributed by atoms with Gasteiger partial charge in [0.2, 0.25) is 0 Å². The molecule has 0 aromatic heterocycles. The number of nitrogens with two attached hydrogens (primary N) is 1. The fraction of sp³-hybridized carbons (Fsp3) is 0.333. The Morgan fingerprint density at radius 2 is 2.00 bits per heavy atom. The fourth-order valence-corrected chi connectivity index (χ4v) is 0.602. The lowest BCUT2D eigenvalue weighted by atomic mass is 10.3. The average Bonchev–Trinajstić information content (AvgIpc) is 1.65. The molecule has 0 atom stereocenters. The first-order chi connectivity index (χ1) is 3.66. The molecule has 0 heterocycles. The van der Waals surface area contributed by atoms with Gasteiger partial charge < -0.3 is 5.73 Å². The van der Waals surface area contributed by atoms with Crippen molar-refractivity contribution in [1.29, 1.82) is 0 Å². The molecule has 0 amide bonds. The van der Waals surface area contributed by atoms with Crippen molar-refractivity contribution in [2.24, 2.45) is 5.73 Å². The van der Waals surface area contributed by atoms with E-state index in [1.54, 1.807) is 0 Å². The summed E-state index contributed by atoms with van der Waals surface area (Å²) in [5.74, 6) is 0. The molecule has 0 aliphatic carbocycles. The molecule has 0 radical (unpaired) electrons. The Morgan fingerprint density at radius 3 is 2.12 bits per heavy atom. The second kappa shape index (κ2) is 3.61. The standard InChI is InChI=1S/C6H11NS/c1-5(2)3-6(8)4-7/h3-4,8H,7H2,1-2H3/b6-4+. The van der Waals surface area contributed by atoms with E-state index in [0.29, 0.717) is 0 Å². The molecular formula is C6H11NS. The van der Waals surface area contributed by atoms with Gasteiger partial charge in [0.05, 0.1) is 0 Å². The molecule has 0 unspecified atom stereocenters. The molecule has 0 aliphatic rings. The van der Waals surface area contributed by atoms with Crippen LogP contribution in [0.25, 0.3) is 0 Å². The largest absolute Gasteiger partial charge is 0.404 e. The van der Waals surface area contributed by atoms with E-state index in [9.17, 15) is 0 Å². The monoisotopic (exact) mass is 129 g/mol. The van der Waals surface area contributed by atoms with Gasteiger partial charge in [-0.05, 0) is 19.9 Å². The minimum Gasteiger partial charge on any atom is -0.404 e. The third-order valence-electron chi connectivity index (χ3n) is 0.607. The number of thiol groups is 1. The van der Waals surface area contributed by atoms with Crippen molar-refractivity contribution in [3.8, 4) is 0 Å². The zero-order chi connectivity index (χ0) is 6.57. The number of allylic oxidation sites excluding steroid dienone is 2. The Labute approximate surface area is 55.7 Å². The summed E-state index contributed by atoms with van der Waals surface area (Å²) in [6, 6.07) is 0. The van der Waals surface area contributed by atoms with Crippen LogP contribution in [-0.2, 0) is 0 Å². The molecule has 0 saturated carbocycles. The number of hydrogen-bond donors (Lipinski definition) is 2. The summed E-state index contributed by atoms with van der Waals surface area (Å²) in [6.45, 7) is 4.00. The highest BCUT2D eigenvalue weighted by molar-refractivity contribution is 7.84. The Hall–Kier alpha value is -0.370. The van der Waals surface area contributed by atoms with Crippen LogP contribution in [0.1, 0.15) is 13.8 Å². The van der Waals surface area contributed by atoms with Crippen molar-refractivity contribution < 1.29 is 0 Å². The van der Waals surface area contributed by atoms with E-state index in [1.807, 2.05) is 19.9 Å². The van der Waals surface area contributed by atoms with Gasteiger partial charge in [-0.25, -0.2) is 0 Å². The molecule has 2 N–H and O–H groups in total. The maximum absolute atomic E-state index is 5.14. The first kappa shape index (κ1) is 7.63. The van der Waals surface area contributed by atoms with Gasteiger partial charge in [0.25, 0.3) is 0 Å². The Kier molecular flexibility index (Phi) is 3.44. The van der Waals surface area contributed by atoms with Gasteiger partial charge >= 0.3 is 0 Å². The highest BCUT2D eigenvalue weighted by Crippen LogP contribution is 2.02. The second-order valence-corrected chi connectivity index (χ2v) is 2.33. The third kappa shape index (κ3) is 3.81. The predicted octanol–water partition coefficient (Wildman–Crippen LogP) is 1.68. The van der Waals surface area contributed by atoms with Gasteiger partial charge in [-0.15, -0.1) is 12.6 Å². The normalized spacial score (nSPS) is 11.1. The Balaban J connectivity index is 3.89. The number of rotatable bonds is 1. The molecular weight excluding hydrogens is 118 g/mol. The summed E-state index contributed by atoms with van der Waals surface area (Å²) in [6.07, 6.45) is 3.37. The molecule has 0 aliphatic heterocycles. The van der Waals surface area contributed by atoms with Crippen LogP contribution in [0, 0.1) is 0 Å². The minimum atomic E-state index is 0.810. The Morgan fingerprint density at radius 1 is 1.50 bits per heavy atom. The van der Waals surface area contributed by atoms with Crippen molar-refractivity contribution in [2.45, 2.75) is 13.8 Å². The molecule has 0 aromatic rings. The van der Waals surface area contributed by atoms with Gasteiger partial charge in [0.1, 0.15) is 0 Å². The molecule has 1 nitrogen and oxygen atoms in total. The van der Waals surface area contributed by atoms with E-state index >= 15 is 0 Å². The first-order valence-electron chi connectivity index (χ1n) is 2.42. The minimum absolute atomic E-state index is 0.810. The lowest BCUT2D eigenvalue weighted by molar-refractivity contribution is 1.38. The van der Waals surface area contributed by atoms with E-state index in [0.717, 1.165) is 4.91 Å². The maximum atomic E-state index is 5.14. The van der Waals surface area contributed by atoms with E-state index in [-0.39, 0.29) is 0 Å². The summed E-state index contributed by atoms with van der Waals surface area (Å²) < 4.78 is 0. The van der Waals surface area contributed by atoms with Gasteiger partial charge in [-0.1, -0.05) is 5.57 Å². The van der Waals surface area contributed by atoms with Crippen LogP contribution in [0.4, 0.5) is 0 Å². The van der Waals surface area contributed by atoms with Gasteiger partial charge in [-0.3, -0.25) is 0 Å². The summed E-state index contributed by atoms with van der Waals surface area (Å²) in [4.78, 5) is 0.810. The van der Waals surface area contributed by atoms with Gasteiger partial charge in [-0.2, -0.15) is 0 Å². The highest BCUT2D eigenvalue weighted by atomic mass is 32.1. The number of hydrogen-bond acceptors (Lipinski definition) is 2. The van der Waals surface area contributed by atoms with Crippen molar-refractivity contribution in [2.75, 3.05) is 0 Å². The zero-order valence-corrected chi connectivity index (χ0v) is 6.07. The average molecular weight is 129 g/mol. The molecule has 2 heteroatoms. The van der Waals surface area contributed by atoms with Crippen LogP contribution in [0.3, 0.4) is 0 Å². The molecule has 0 fully saturated rings. The van der Waals surface area contributed by atoms with Crippen molar-refractivity contribution in [3.05, 3.63) is 22.8 Å². The summed E-state index contributed by atoms with van der Waals surface area (Å²) >= 11 is 4.03. The SMILES string of the molecule is CC(C)=C/C(S)=C\N. The highest BCUT2D eigenvalue weighted by Gasteiger charge is 1.78. The first-order valence-corrected chi connectivity index (χ1v) is 2.87. The molecule has 0 aromatic carbocycles. The summed E-state index contributed by atoms with van der Waals surface area (Å²) in [5.41, 5.74) is 6.34. The quantitative estimate of drug-likeness (QED) is 0.409. The lowest BCUT2D eigenvalue weighted by Gasteiger charge is -1.87. The van der Waals surface area contributed by atoms with Crippen molar-refractivity contribution in [1.82, 2.24) is 0 Å². The Bertz CT molecular complexity index is 120. The van der Waals surface area contributed by atoms with Crippen LogP contribution < -0.4 is 5.73 Å². The van der Waals surface area contributed by atoms with Crippen LogP contribution in [0.2, 0.25) is 0 Å². The van der Waals surface area contributed by atoms with Crippen molar-refractivity contribution >= 4 is 12.6 Å². The van der Waals surface area contributed by atoms with Gasteiger partial charge in [0, 0.05) is 11.1 Å². The summed E-state index contributed by atoms with van der Waals surface area (Å²) in [7, 11) is 0. The van der Waals surface area contributed by atoms with E-state index in [4.69, 9.17) is 5.73 Å². The molecule has 0 saturated heterocycles. The lowest BCUT2D eigenvalue weighted by Crippen LogP contribution is -1.78. The van der Waals surface area contributed by atoms with E-state index < -0.39 is 0 Å². The molecule has 0 bridgehead atoms. The molecule has 0 spiro atoms. The maximum Gasteiger partial charge on any atom is 0.0195 e. The van der Waals surface area contributed by atoms with E-state index in [1.165, 1.54) is 11.8 Å². The van der Waals surface area contributed by atoms with Crippen LogP contribution >= 0.6 is 12.6 Å². The van der Waals surface area contributed by atoms with Crippen LogP contribution in [0.5, 0.6) is 0 Å². The molecule has 46 valence electrons. The van der Waals surface area contributed by atoms with Crippen molar-refractivity contribution in [3.63, 3.8) is 0 Å². The smallest absolute Gasteiger partial charge is 0.0195 e. The topological polar surface area (TPSA) is 26.0 Å². The van der Waals surface area contributed by atoms with E-state index in [2.05, 4.69) is 12.6 Å². The third-order valence-corrected chi connectivity index (χ3v) is 0.885. The molecule has 8 heavy (non-hydrogen) atoms. The van der Waals surface area contributed by atoms with Crippen LogP contribution in [-0.4, -0.2) is 0 Å². The predicted molar refractivity (Wildman–Crippen MR) is 40.7 cm³/mol. The zero-order valence-electron chi connectivity index (χ0n) is 5.18. The van der Waals surface area contributed by atoms with Gasteiger partial charge in [0.15, 0.2) is 0 Å². The fourth-order valence-electron chi connectivity index (χ4n) is 0.344. The summed E-state index contributed by atoms with van der Waals surface area (Å²) in [5, 5.41) is 0.